The van der Waals surface area contributed by atoms with E-state index in [0.29, 0.717) is 5.92 Å². The van der Waals surface area contributed by atoms with Crippen molar-refractivity contribution in [2.24, 2.45) is 5.92 Å². The van der Waals surface area contributed by atoms with Crippen molar-refractivity contribution in [3.8, 4) is 0 Å². The standard InChI is InChI=1S/C12H26N2O2/c1-9(2)10(8-14(6)7)13-11(15)16-12(3,4)5/h9-10H,8H2,1-7H3,(H,13,15). The molecule has 0 heterocycles. The molecule has 0 aromatic heterocycles. The zero-order valence-corrected chi connectivity index (χ0v) is 11.6. The highest BCUT2D eigenvalue weighted by atomic mass is 16.6. The first-order valence-electron chi connectivity index (χ1n) is 5.76. The van der Waals surface area contributed by atoms with Crippen LogP contribution in [0.1, 0.15) is 34.6 Å². The van der Waals surface area contributed by atoms with Crippen molar-refractivity contribution in [2.75, 3.05) is 20.6 Å². The summed E-state index contributed by atoms with van der Waals surface area (Å²) in [7, 11) is 3.98. The molecule has 1 amide bonds. The first kappa shape index (κ1) is 15.2. The van der Waals surface area contributed by atoms with Crippen molar-refractivity contribution < 1.29 is 9.53 Å². The van der Waals surface area contributed by atoms with Crippen LogP contribution in [0.5, 0.6) is 0 Å². The Morgan fingerprint density at radius 1 is 1.31 bits per heavy atom. The summed E-state index contributed by atoms with van der Waals surface area (Å²) in [5.41, 5.74) is -0.441. The largest absolute Gasteiger partial charge is 0.444 e. The second kappa shape index (κ2) is 6.09. The number of carbonyl (C=O) groups excluding carboxylic acids is 1. The van der Waals surface area contributed by atoms with Crippen molar-refractivity contribution in [2.45, 2.75) is 46.3 Å². The van der Waals surface area contributed by atoms with Gasteiger partial charge in [0, 0.05) is 12.6 Å². The van der Waals surface area contributed by atoms with E-state index in [4.69, 9.17) is 4.74 Å². The van der Waals surface area contributed by atoms with Gasteiger partial charge < -0.3 is 15.0 Å². The van der Waals surface area contributed by atoms with Crippen molar-refractivity contribution in [3.63, 3.8) is 0 Å². The average Bonchev–Trinajstić information content (AvgIpc) is 1.97. The molecule has 0 spiro atoms. The fourth-order valence-corrected chi connectivity index (χ4v) is 1.28. The molecule has 0 bridgehead atoms. The van der Waals surface area contributed by atoms with E-state index in [-0.39, 0.29) is 12.1 Å². The van der Waals surface area contributed by atoms with Gasteiger partial charge in [-0.1, -0.05) is 13.8 Å². The predicted molar refractivity (Wildman–Crippen MR) is 66.5 cm³/mol. The summed E-state index contributed by atoms with van der Waals surface area (Å²) in [6.07, 6.45) is -0.340. The minimum atomic E-state index is -0.441. The maximum absolute atomic E-state index is 11.6. The van der Waals surface area contributed by atoms with E-state index in [1.54, 1.807) is 0 Å². The minimum absolute atomic E-state index is 0.116. The first-order chi connectivity index (χ1) is 7.11. The molecule has 0 radical (unpaired) electrons. The zero-order chi connectivity index (χ0) is 12.9. The molecule has 1 unspecified atom stereocenters. The number of alkyl carbamates (subject to hydrolysis) is 1. The third-order valence-electron chi connectivity index (χ3n) is 2.07. The van der Waals surface area contributed by atoms with Gasteiger partial charge in [-0.15, -0.1) is 0 Å². The lowest BCUT2D eigenvalue weighted by atomic mass is 10.0. The Kier molecular flexibility index (Phi) is 5.79. The van der Waals surface area contributed by atoms with Crippen LogP contribution in [0.3, 0.4) is 0 Å². The summed E-state index contributed by atoms with van der Waals surface area (Å²) < 4.78 is 5.23. The SMILES string of the molecule is CC(C)C(CN(C)C)NC(=O)OC(C)(C)C. The number of rotatable bonds is 4. The topological polar surface area (TPSA) is 41.6 Å². The number of nitrogens with zero attached hydrogens (tertiary/aromatic N) is 1. The molecule has 0 aliphatic heterocycles. The van der Waals surface area contributed by atoms with Crippen LogP contribution in [0.15, 0.2) is 0 Å². The number of carbonyl (C=O) groups is 1. The molecule has 96 valence electrons. The monoisotopic (exact) mass is 230 g/mol. The van der Waals surface area contributed by atoms with Crippen molar-refractivity contribution in [1.82, 2.24) is 10.2 Å². The van der Waals surface area contributed by atoms with Gasteiger partial charge in [0.15, 0.2) is 0 Å². The maximum atomic E-state index is 11.6. The molecule has 4 nitrogen and oxygen atoms in total. The van der Waals surface area contributed by atoms with Crippen LogP contribution in [-0.4, -0.2) is 43.3 Å². The van der Waals surface area contributed by atoms with E-state index < -0.39 is 5.60 Å². The fraction of sp³-hybridized carbons (Fsp3) is 0.917. The second-order valence-electron chi connectivity index (χ2n) is 5.76. The molecule has 0 aromatic carbocycles. The number of hydrogen-bond acceptors (Lipinski definition) is 3. The summed E-state index contributed by atoms with van der Waals surface area (Å²) in [6.45, 7) is 10.6. The van der Waals surface area contributed by atoms with Crippen LogP contribution < -0.4 is 5.32 Å². The van der Waals surface area contributed by atoms with Gasteiger partial charge in [0.25, 0.3) is 0 Å². The number of likely N-dealkylation sites (N-methyl/N-ethyl adjacent to an activating group) is 1. The molecule has 16 heavy (non-hydrogen) atoms. The summed E-state index contributed by atoms with van der Waals surface area (Å²) >= 11 is 0. The van der Waals surface area contributed by atoms with Crippen LogP contribution in [-0.2, 0) is 4.74 Å². The van der Waals surface area contributed by atoms with Crippen LogP contribution in [0.4, 0.5) is 4.79 Å². The zero-order valence-electron chi connectivity index (χ0n) is 11.6. The van der Waals surface area contributed by atoms with E-state index in [2.05, 4.69) is 24.1 Å². The number of amides is 1. The van der Waals surface area contributed by atoms with Crippen LogP contribution in [0.2, 0.25) is 0 Å². The Balaban J connectivity index is 4.24. The van der Waals surface area contributed by atoms with E-state index in [1.165, 1.54) is 0 Å². The molecule has 4 heteroatoms. The van der Waals surface area contributed by atoms with Gasteiger partial charge in [-0.25, -0.2) is 4.79 Å². The molecule has 0 aromatic rings. The molecular weight excluding hydrogens is 204 g/mol. The normalized spacial score (nSPS) is 14.1. The maximum Gasteiger partial charge on any atom is 0.407 e. The van der Waals surface area contributed by atoms with Crippen LogP contribution >= 0.6 is 0 Å². The lowest BCUT2D eigenvalue weighted by Crippen LogP contribution is -2.46. The average molecular weight is 230 g/mol. The molecule has 0 rings (SSSR count). The molecule has 0 fully saturated rings. The predicted octanol–water partition coefficient (Wildman–Crippen LogP) is 2.10. The Bertz CT molecular complexity index is 220. The van der Waals surface area contributed by atoms with Gasteiger partial charge in [0.1, 0.15) is 5.60 Å². The third-order valence-corrected chi connectivity index (χ3v) is 2.07. The Morgan fingerprint density at radius 2 is 1.81 bits per heavy atom. The van der Waals surface area contributed by atoms with Gasteiger partial charge >= 0.3 is 6.09 Å². The molecule has 0 saturated carbocycles. The van der Waals surface area contributed by atoms with Gasteiger partial charge in [-0.05, 0) is 40.8 Å². The van der Waals surface area contributed by atoms with Gasteiger partial charge in [-0.2, -0.15) is 0 Å². The molecule has 0 saturated heterocycles. The van der Waals surface area contributed by atoms with E-state index in [1.807, 2.05) is 34.9 Å². The van der Waals surface area contributed by atoms with E-state index >= 15 is 0 Å². The summed E-state index contributed by atoms with van der Waals surface area (Å²) in [5, 5.41) is 2.90. The van der Waals surface area contributed by atoms with Gasteiger partial charge in [-0.3, -0.25) is 0 Å². The summed E-state index contributed by atoms with van der Waals surface area (Å²) in [5.74, 6) is 0.384. The molecular formula is C12H26N2O2. The molecule has 0 aliphatic rings. The second-order valence-corrected chi connectivity index (χ2v) is 5.76. The Morgan fingerprint density at radius 3 is 2.12 bits per heavy atom. The Labute approximate surface area is 99.3 Å². The molecule has 1 N–H and O–H groups in total. The van der Waals surface area contributed by atoms with E-state index in [0.717, 1.165) is 6.54 Å². The van der Waals surface area contributed by atoms with Crippen molar-refractivity contribution in [1.29, 1.82) is 0 Å². The highest BCUT2D eigenvalue weighted by Gasteiger charge is 2.21. The summed E-state index contributed by atoms with van der Waals surface area (Å²) in [4.78, 5) is 13.7. The fourth-order valence-electron chi connectivity index (χ4n) is 1.28. The smallest absolute Gasteiger partial charge is 0.407 e. The van der Waals surface area contributed by atoms with Gasteiger partial charge in [0.05, 0.1) is 0 Å². The van der Waals surface area contributed by atoms with Crippen LogP contribution in [0, 0.1) is 5.92 Å². The number of nitrogens with one attached hydrogen (secondary N) is 1. The van der Waals surface area contributed by atoms with Crippen LogP contribution in [0.25, 0.3) is 0 Å². The minimum Gasteiger partial charge on any atom is -0.444 e. The van der Waals surface area contributed by atoms with Gasteiger partial charge in [0.2, 0.25) is 0 Å². The lowest BCUT2D eigenvalue weighted by Gasteiger charge is -2.27. The van der Waals surface area contributed by atoms with Crippen molar-refractivity contribution in [3.05, 3.63) is 0 Å². The quantitative estimate of drug-likeness (QED) is 0.804. The number of ether oxygens (including phenoxy) is 1. The molecule has 0 aliphatic carbocycles. The highest BCUT2D eigenvalue weighted by molar-refractivity contribution is 5.68. The summed E-state index contributed by atoms with van der Waals surface area (Å²) in [6, 6.07) is 0.116. The lowest BCUT2D eigenvalue weighted by molar-refractivity contribution is 0.0481. The highest BCUT2D eigenvalue weighted by Crippen LogP contribution is 2.08. The van der Waals surface area contributed by atoms with E-state index in [9.17, 15) is 4.79 Å². The number of hydrogen-bond donors (Lipinski definition) is 1. The molecule has 1 atom stereocenters. The first-order valence-corrected chi connectivity index (χ1v) is 5.76. The third kappa shape index (κ3) is 7.51. The Hall–Kier alpha value is -0.770. The van der Waals surface area contributed by atoms with Crippen molar-refractivity contribution >= 4 is 6.09 Å².